The lowest BCUT2D eigenvalue weighted by molar-refractivity contribution is 0.174. The maximum atomic E-state index is 13.2. The van der Waals surface area contributed by atoms with Gasteiger partial charge in [0.1, 0.15) is 17.2 Å². The molecule has 4 aromatic carbocycles. The number of carbonyl (C=O) groups excluding carboxylic acids is 1. The number of hydrogen-bond acceptors (Lipinski definition) is 5. The van der Waals surface area contributed by atoms with Crippen molar-refractivity contribution in [3.8, 4) is 45.4 Å². The molecule has 0 fully saturated rings. The van der Waals surface area contributed by atoms with Gasteiger partial charge in [-0.25, -0.2) is 4.79 Å². The number of halogens is 2. The van der Waals surface area contributed by atoms with E-state index in [0.29, 0.717) is 44.4 Å². The van der Waals surface area contributed by atoms with Gasteiger partial charge in [0.15, 0.2) is 11.5 Å². The van der Waals surface area contributed by atoms with Gasteiger partial charge < -0.3 is 19.5 Å². The first-order chi connectivity index (χ1) is 18.5. The average molecular weight is 544 g/mol. The zero-order valence-electron chi connectivity index (χ0n) is 19.7. The molecular formula is C29H19Cl2N3O4. The molecule has 0 radical (unpaired) electrons. The molecule has 0 saturated heterocycles. The van der Waals surface area contributed by atoms with Crippen molar-refractivity contribution in [3.05, 3.63) is 107 Å². The van der Waals surface area contributed by atoms with Gasteiger partial charge >= 0.3 is 6.03 Å². The van der Waals surface area contributed by atoms with Crippen molar-refractivity contribution in [2.24, 2.45) is 0 Å². The number of benzene rings is 4. The Labute approximate surface area is 228 Å². The Kier molecular flexibility index (Phi) is 6.37. The molecule has 5 aromatic rings. The van der Waals surface area contributed by atoms with Gasteiger partial charge in [0, 0.05) is 33.1 Å². The lowest BCUT2D eigenvalue weighted by atomic mass is 10.0. The predicted octanol–water partition coefficient (Wildman–Crippen LogP) is 8.13. The van der Waals surface area contributed by atoms with Gasteiger partial charge in [0.05, 0.1) is 0 Å². The third-order valence-electron chi connectivity index (χ3n) is 5.88. The Morgan fingerprint density at radius 3 is 2.11 bits per heavy atom. The maximum Gasteiger partial charge on any atom is 0.346 e. The standard InChI is InChI=1S/C29H19Cl2N3O4/c30-20-4-1-18(2-5-20)28-25(19-3-14-26-27(15-19)37-17-36-26)16-34(33-28)29(35)32-22-8-12-24(13-9-22)38-23-10-6-21(31)7-11-23/h1-16H,17H2,(H,32,35). The van der Waals surface area contributed by atoms with Crippen LogP contribution in [0.1, 0.15) is 0 Å². The van der Waals surface area contributed by atoms with E-state index < -0.39 is 6.03 Å². The number of rotatable bonds is 5. The van der Waals surface area contributed by atoms with Crippen LogP contribution in [0.15, 0.2) is 97.2 Å². The summed E-state index contributed by atoms with van der Waals surface area (Å²) in [5, 5.41) is 8.73. The fourth-order valence-corrected chi connectivity index (χ4v) is 4.25. The topological polar surface area (TPSA) is 74.6 Å². The van der Waals surface area contributed by atoms with Gasteiger partial charge in [-0.15, -0.1) is 0 Å². The molecule has 6 rings (SSSR count). The Balaban J connectivity index is 1.26. The largest absolute Gasteiger partial charge is 0.457 e. The molecule has 2 heterocycles. The van der Waals surface area contributed by atoms with Crippen molar-refractivity contribution in [2.75, 3.05) is 12.1 Å². The quantitative estimate of drug-likeness (QED) is 0.242. The lowest BCUT2D eigenvalue weighted by Crippen LogP contribution is -2.19. The smallest absolute Gasteiger partial charge is 0.346 e. The minimum Gasteiger partial charge on any atom is -0.457 e. The molecule has 38 heavy (non-hydrogen) atoms. The molecule has 9 heteroatoms. The highest BCUT2D eigenvalue weighted by molar-refractivity contribution is 6.30. The van der Waals surface area contributed by atoms with E-state index in [9.17, 15) is 4.79 Å². The summed E-state index contributed by atoms with van der Waals surface area (Å²) in [6.45, 7) is 0.175. The first-order valence-corrected chi connectivity index (χ1v) is 12.4. The highest BCUT2D eigenvalue weighted by atomic mass is 35.5. The van der Waals surface area contributed by atoms with Gasteiger partial charge in [0.25, 0.3) is 0 Å². The second-order valence-corrected chi connectivity index (χ2v) is 9.29. The third kappa shape index (κ3) is 5.02. The van der Waals surface area contributed by atoms with Gasteiger partial charge in [-0.1, -0.05) is 41.4 Å². The minimum absolute atomic E-state index is 0.175. The van der Waals surface area contributed by atoms with Gasteiger partial charge in [-0.3, -0.25) is 0 Å². The van der Waals surface area contributed by atoms with Gasteiger partial charge in [0.2, 0.25) is 6.79 Å². The van der Waals surface area contributed by atoms with Gasteiger partial charge in [-0.2, -0.15) is 9.78 Å². The fraction of sp³-hybridized carbons (Fsp3) is 0.0345. The summed E-state index contributed by atoms with van der Waals surface area (Å²) < 4.78 is 18.1. The van der Waals surface area contributed by atoms with Crippen LogP contribution >= 0.6 is 23.2 Å². The maximum absolute atomic E-state index is 13.2. The van der Waals surface area contributed by atoms with Crippen molar-refractivity contribution >= 4 is 34.9 Å². The van der Waals surface area contributed by atoms with Crippen LogP contribution in [0, 0.1) is 0 Å². The molecule has 0 spiro atoms. The Morgan fingerprint density at radius 2 is 1.39 bits per heavy atom. The minimum atomic E-state index is -0.418. The fourth-order valence-electron chi connectivity index (χ4n) is 4.00. The molecule has 188 valence electrons. The summed E-state index contributed by atoms with van der Waals surface area (Å²) >= 11 is 12.0. The van der Waals surface area contributed by atoms with Crippen molar-refractivity contribution < 1.29 is 19.0 Å². The van der Waals surface area contributed by atoms with Crippen molar-refractivity contribution in [1.29, 1.82) is 0 Å². The summed E-state index contributed by atoms with van der Waals surface area (Å²) in [7, 11) is 0. The van der Waals surface area contributed by atoms with Crippen LogP contribution in [-0.4, -0.2) is 22.6 Å². The summed E-state index contributed by atoms with van der Waals surface area (Å²) in [4.78, 5) is 13.2. The van der Waals surface area contributed by atoms with Crippen LogP contribution in [0.5, 0.6) is 23.0 Å². The molecule has 1 amide bonds. The Hall–Kier alpha value is -4.46. The molecule has 0 bridgehead atoms. The van der Waals surface area contributed by atoms with Crippen LogP contribution in [0.2, 0.25) is 10.0 Å². The molecule has 0 unspecified atom stereocenters. The van der Waals surface area contributed by atoms with Crippen LogP contribution in [-0.2, 0) is 0 Å². The van der Waals surface area contributed by atoms with E-state index in [1.165, 1.54) is 4.68 Å². The lowest BCUT2D eigenvalue weighted by Gasteiger charge is -2.08. The van der Waals surface area contributed by atoms with E-state index in [4.69, 9.17) is 37.4 Å². The van der Waals surface area contributed by atoms with Gasteiger partial charge in [-0.05, 0) is 78.4 Å². The van der Waals surface area contributed by atoms with Crippen LogP contribution in [0.25, 0.3) is 22.4 Å². The Morgan fingerprint density at radius 1 is 0.789 bits per heavy atom. The first-order valence-electron chi connectivity index (χ1n) is 11.6. The van der Waals surface area contributed by atoms with Crippen molar-refractivity contribution in [3.63, 3.8) is 0 Å². The molecule has 0 aliphatic carbocycles. The molecular weight excluding hydrogens is 525 g/mol. The number of hydrogen-bond donors (Lipinski definition) is 1. The third-order valence-corrected chi connectivity index (χ3v) is 6.38. The van der Waals surface area contributed by atoms with Crippen LogP contribution in [0.4, 0.5) is 10.5 Å². The summed E-state index contributed by atoms with van der Waals surface area (Å²) in [5.74, 6) is 2.60. The monoisotopic (exact) mass is 543 g/mol. The van der Waals surface area contributed by atoms with E-state index in [1.54, 1.807) is 66.9 Å². The number of fused-ring (bicyclic) bond motifs is 1. The van der Waals surface area contributed by atoms with E-state index >= 15 is 0 Å². The van der Waals surface area contributed by atoms with Crippen molar-refractivity contribution in [1.82, 2.24) is 9.78 Å². The number of amides is 1. The normalized spacial score (nSPS) is 11.8. The van der Waals surface area contributed by atoms with E-state index in [0.717, 1.165) is 16.7 Å². The zero-order chi connectivity index (χ0) is 26.1. The molecule has 0 atom stereocenters. The molecule has 0 saturated carbocycles. The summed E-state index contributed by atoms with van der Waals surface area (Å²) in [6, 6.07) is 26.6. The summed E-state index contributed by atoms with van der Waals surface area (Å²) in [6.07, 6.45) is 1.69. The second kappa shape index (κ2) is 10.1. The number of ether oxygens (including phenoxy) is 3. The molecule has 1 aliphatic heterocycles. The van der Waals surface area contributed by atoms with E-state index in [1.807, 2.05) is 30.3 Å². The molecule has 1 aromatic heterocycles. The number of aromatic nitrogens is 2. The zero-order valence-corrected chi connectivity index (χ0v) is 21.2. The van der Waals surface area contributed by atoms with E-state index in [2.05, 4.69) is 10.4 Å². The number of anilines is 1. The SMILES string of the molecule is O=C(Nc1ccc(Oc2ccc(Cl)cc2)cc1)n1cc(-c2ccc3c(c2)OCO3)c(-c2ccc(Cl)cc2)n1. The number of nitrogens with zero attached hydrogens (tertiary/aromatic N) is 2. The number of nitrogens with one attached hydrogen (secondary N) is 1. The molecule has 7 nitrogen and oxygen atoms in total. The molecule has 1 N–H and O–H groups in total. The van der Waals surface area contributed by atoms with Crippen molar-refractivity contribution in [2.45, 2.75) is 0 Å². The van der Waals surface area contributed by atoms with Crippen LogP contribution < -0.4 is 19.5 Å². The van der Waals surface area contributed by atoms with Crippen LogP contribution in [0.3, 0.4) is 0 Å². The second-order valence-electron chi connectivity index (χ2n) is 8.42. The number of carbonyl (C=O) groups is 1. The van der Waals surface area contributed by atoms with E-state index in [-0.39, 0.29) is 6.79 Å². The predicted molar refractivity (Wildman–Crippen MR) is 147 cm³/mol. The Bertz CT molecular complexity index is 1620. The highest BCUT2D eigenvalue weighted by Gasteiger charge is 2.20. The molecule has 1 aliphatic rings. The summed E-state index contributed by atoms with van der Waals surface area (Å²) in [5.41, 5.74) is 3.63. The first kappa shape index (κ1) is 23.9. The highest BCUT2D eigenvalue weighted by Crippen LogP contribution is 2.39. The average Bonchev–Trinajstić information content (AvgIpc) is 3.59.